The summed E-state index contributed by atoms with van der Waals surface area (Å²) in [5.41, 5.74) is 3.32. The van der Waals surface area contributed by atoms with Gasteiger partial charge in [0.05, 0.1) is 12.2 Å². The minimum Gasteiger partial charge on any atom is -0.492 e. The molecule has 0 radical (unpaired) electrons. The molecule has 0 unspecified atom stereocenters. The molecule has 0 aliphatic rings. The first-order valence-electron chi connectivity index (χ1n) is 9.19. The van der Waals surface area contributed by atoms with Crippen molar-refractivity contribution in [2.45, 2.75) is 32.6 Å². The molecule has 0 aliphatic heterocycles. The summed E-state index contributed by atoms with van der Waals surface area (Å²) in [4.78, 5) is 17.6. The van der Waals surface area contributed by atoms with E-state index in [0.29, 0.717) is 13.2 Å². The lowest BCUT2D eigenvalue weighted by molar-refractivity contribution is -0.125. The van der Waals surface area contributed by atoms with Gasteiger partial charge in [-0.3, -0.25) is 9.78 Å². The molecule has 4 nitrogen and oxygen atoms in total. The van der Waals surface area contributed by atoms with Crippen molar-refractivity contribution in [2.24, 2.45) is 0 Å². The van der Waals surface area contributed by atoms with E-state index in [1.54, 1.807) is 11.9 Å². The summed E-state index contributed by atoms with van der Waals surface area (Å²) in [6, 6.07) is 12.1. The first-order chi connectivity index (χ1) is 12.6. The van der Waals surface area contributed by atoms with E-state index in [9.17, 15) is 4.79 Å². The fourth-order valence-corrected chi connectivity index (χ4v) is 2.61. The van der Waals surface area contributed by atoms with Crippen LogP contribution in [0.15, 0.2) is 55.3 Å². The van der Waals surface area contributed by atoms with E-state index in [1.807, 2.05) is 30.5 Å². The highest BCUT2D eigenvalue weighted by molar-refractivity contribution is 5.86. The van der Waals surface area contributed by atoms with Crippen LogP contribution < -0.4 is 4.74 Å². The van der Waals surface area contributed by atoms with Crippen molar-refractivity contribution in [3.8, 4) is 17.0 Å². The minimum absolute atomic E-state index is 0.104. The largest absolute Gasteiger partial charge is 0.492 e. The molecule has 1 amide bonds. The van der Waals surface area contributed by atoms with Gasteiger partial charge >= 0.3 is 0 Å². The topological polar surface area (TPSA) is 42.4 Å². The molecule has 1 aromatic carbocycles. The van der Waals surface area contributed by atoms with E-state index in [1.165, 1.54) is 30.9 Å². The third-order valence-corrected chi connectivity index (χ3v) is 4.29. The Morgan fingerprint density at radius 1 is 1.19 bits per heavy atom. The molecule has 0 aliphatic carbocycles. The Morgan fingerprint density at radius 3 is 2.58 bits per heavy atom. The molecule has 0 bridgehead atoms. The number of unbranched alkanes of at least 4 members (excludes halogenated alkanes) is 2. The number of aromatic nitrogens is 1. The molecule has 0 saturated heterocycles. The van der Waals surface area contributed by atoms with Gasteiger partial charge in [0.25, 0.3) is 0 Å². The Bertz CT molecular complexity index is 693. The Hall–Kier alpha value is -2.62. The predicted octanol–water partition coefficient (Wildman–Crippen LogP) is 4.50. The van der Waals surface area contributed by atoms with Crippen LogP contribution in [0.1, 0.15) is 31.7 Å². The van der Waals surface area contributed by atoms with Gasteiger partial charge in [-0.15, -0.1) is 0 Å². The van der Waals surface area contributed by atoms with E-state index < -0.39 is 0 Å². The third kappa shape index (κ3) is 6.03. The number of likely N-dealkylation sites (N-methyl/N-ethyl adjacent to an activating group) is 1. The molecule has 0 atom stereocenters. The number of hydrogen-bond acceptors (Lipinski definition) is 3. The summed E-state index contributed by atoms with van der Waals surface area (Å²) < 4.78 is 5.69. The Balaban J connectivity index is 1.86. The molecular weight excluding hydrogens is 324 g/mol. The van der Waals surface area contributed by atoms with E-state index in [-0.39, 0.29) is 5.91 Å². The monoisotopic (exact) mass is 352 g/mol. The minimum atomic E-state index is -0.104. The van der Waals surface area contributed by atoms with E-state index in [4.69, 9.17) is 4.74 Å². The maximum atomic E-state index is 11.4. The van der Waals surface area contributed by atoms with E-state index >= 15 is 0 Å². The SMILES string of the molecule is C=CC(=O)N(C)CCOc1ccc(-c2ccc(CCCCC)cn2)cc1. The molecule has 1 aromatic heterocycles. The number of ether oxygens (including phenoxy) is 1. The number of pyridine rings is 1. The molecule has 0 fully saturated rings. The second-order valence-corrected chi connectivity index (χ2v) is 6.35. The van der Waals surface area contributed by atoms with Crippen molar-refractivity contribution in [1.29, 1.82) is 0 Å². The van der Waals surface area contributed by atoms with E-state index in [2.05, 4.69) is 30.6 Å². The fourth-order valence-electron chi connectivity index (χ4n) is 2.61. The summed E-state index contributed by atoms with van der Waals surface area (Å²) in [6.45, 7) is 6.65. The Kier molecular flexibility index (Phi) is 7.87. The van der Waals surface area contributed by atoms with Gasteiger partial charge in [-0.1, -0.05) is 32.4 Å². The van der Waals surface area contributed by atoms with E-state index in [0.717, 1.165) is 23.4 Å². The normalized spacial score (nSPS) is 10.4. The van der Waals surface area contributed by atoms with Gasteiger partial charge in [-0.25, -0.2) is 0 Å². The highest BCUT2D eigenvalue weighted by Gasteiger charge is 2.04. The number of aryl methyl sites for hydroxylation is 1. The van der Waals surface area contributed by atoms with Crippen LogP contribution in [0.3, 0.4) is 0 Å². The van der Waals surface area contributed by atoms with Gasteiger partial charge in [-0.05, 0) is 54.8 Å². The molecule has 0 saturated carbocycles. The van der Waals surface area contributed by atoms with Crippen molar-refractivity contribution in [2.75, 3.05) is 20.2 Å². The first-order valence-corrected chi connectivity index (χ1v) is 9.19. The molecule has 1 heterocycles. The second kappa shape index (κ2) is 10.4. The molecule has 2 rings (SSSR count). The highest BCUT2D eigenvalue weighted by Crippen LogP contribution is 2.21. The fraction of sp³-hybridized carbons (Fsp3) is 0.364. The van der Waals surface area contributed by atoms with Gasteiger partial charge in [0.1, 0.15) is 12.4 Å². The lowest BCUT2D eigenvalue weighted by Gasteiger charge is -2.15. The van der Waals surface area contributed by atoms with Crippen LogP contribution in [-0.4, -0.2) is 36.0 Å². The lowest BCUT2D eigenvalue weighted by Crippen LogP contribution is -2.29. The number of amides is 1. The number of hydrogen-bond donors (Lipinski definition) is 0. The maximum Gasteiger partial charge on any atom is 0.245 e. The summed E-state index contributed by atoms with van der Waals surface area (Å²) in [5, 5.41) is 0. The number of nitrogens with zero attached hydrogens (tertiary/aromatic N) is 2. The Morgan fingerprint density at radius 2 is 1.96 bits per heavy atom. The average Bonchev–Trinajstić information content (AvgIpc) is 2.68. The summed E-state index contributed by atoms with van der Waals surface area (Å²) in [6.07, 6.45) is 8.09. The molecular formula is C22H28N2O2. The standard InChI is InChI=1S/C22H28N2O2/c1-4-6-7-8-18-9-14-21(23-17-18)19-10-12-20(13-11-19)26-16-15-24(3)22(25)5-2/h5,9-14,17H,2,4,6-8,15-16H2,1,3H3. The third-order valence-electron chi connectivity index (χ3n) is 4.29. The van der Waals surface area contributed by atoms with Gasteiger partial charge in [-0.2, -0.15) is 0 Å². The van der Waals surface area contributed by atoms with Crippen molar-refractivity contribution >= 4 is 5.91 Å². The van der Waals surface area contributed by atoms with Gasteiger partial charge in [0.2, 0.25) is 5.91 Å². The smallest absolute Gasteiger partial charge is 0.245 e. The van der Waals surface area contributed by atoms with Crippen molar-refractivity contribution < 1.29 is 9.53 Å². The van der Waals surface area contributed by atoms with Crippen LogP contribution in [0, 0.1) is 0 Å². The van der Waals surface area contributed by atoms with Gasteiger partial charge < -0.3 is 9.64 Å². The number of carbonyl (C=O) groups excluding carboxylic acids is 1. The first kappa shape index (κ1) is 19.7. The summed E-state index contributed by atoms with van der Waals surface area (Å²) >= 11 is 0. The highest BCUT2D eigenvalue weighted by atomic mass is 16.5. The number of carbonyl (C=O) groups is 1. The molecule has 2 aromatic rings. The summed E-state index contributed by atoms with van der Waals surface area (Å²) in [7, 11) is 1.73. The van der Waals surface area contributed by atoms with Crippen molar-refractivity contribution in [3.05, 3.63) is 60.8 Å². The number of benzene rings is 1. The average molecular weight is 352 g/mol. The van der Waals surface area contributed by atoms with Gasteiger partial charge in [0, 0.05) is 18.8 Å². The van der Waals surface area contributed by atoms with Crippen LogP contribution in [0.25, 0.3) is 11.3 Å². The summed E-state index contributed by atoms with van der Waals surface area (Å²) in [5.74, 6) is 0.678. The number of rotatable bonds is 10. The quantitative estimate of drug-likeness (QED) is 0.467. The molecule has 0 spiro atoms. The zero-order valence-electron chi connectivity index (χ0n) is 15.8. The van der Waals surface area contributed by atoms with Crippen LogP contribution in [0.2, 0.25) is 0 Å². The van der Waals surface area contributed by atoms with Crippen LogP contribution in [-0.2, 0) is 11.2 Å². The van der Waals surface area contributed by atoms with Crippen molar-refractivity contribution in [1.82, 2.24) is 9.88 Å². The molecule has 4 heteroatoms. The molecule has 26 heavy (non-hydrogen) atoms. The lowest BCUT2D eigenvalue weighted by atomic mass is 10.1. The van der Waals surface area contributed by atoms with Crippen LogP contribution >= 0.6 is 0 Å². The zero-order chi connectivity index (χ0) is 18.8. The zero-order valence-corrected chi connectivity index (χ0v) is 15.8. The molecule has 138 valence electrons. The van der Waals surface area contributed by atoms with Crippen LogP contribution in [0.5, 0.6) is 5.75 Å². The van der Waals surface area contributed by atoms with Crippen molar-refractivity contribution in [3.63, 3.8) is 0 Å². The van der Waals surface area contributed by atoms with Crippen LogP contribution in [0.4, 0.5) is 0 Å². The molecule has 0 N–H and O–H groups in total. The predicted molar refractivity (Wildman–Crippen MR) is 106 cm³/mol. The Labute approximate surface area is 156 Å². The maximum absolute atomic E-state index is 11.4. The van der Waals surface area contributed by atoms with Gasteiger partial charge in [0.15, 0.2) is 0 Å². The second-order valence-electron chi connectivity index (χ2n) is 6.35.